The van der Waals surface area contributed by atoms with Gasteiger partial charge in [0.15, 0.2) is 0 Å². The second kappa shape index (κ2) is 5.65. The fourth-order valence-corrected chi connectivity index (χ4v) is 2.01. The lowest BCUT2D eigenvalue weighted by molar-refractivity contribution is -0.136. The average Bonchev–Trinajstić information content (AvgIpc) is 2.41. The van der Waals surface area contributed by atoms with Crippen molar-refractivity contribution in [3.8, 4) is 11.3 Å². The average molecular weight is 255 g/mol. The topological polar surface area (TPSA) is 50.2 Å². The van der Waals surface area contributed by atoms with Crippen LogP contribution in [-0.4, -0.2) is 16.1 Å². The Morgan fingerprint density at radius 1 is 1.16 bits per heavy atom. The van der Waals surface area contributed by atoms with E-state index >= 15 is 0 Å². The summed E-state index contributed by atoms with van der Waals surface area (Å²) in [7, 11) is 0. The number of pyridine rings is 1. The lowest BCUT2D eigenvalue weighted by Gasteiger charge is -2.07. The molecule has 0 saturated heterocycles. The number of rotatable bonds is 4. The monoisotopic (exact) mass is 255 g/mol. The molecule has 0 atom stereocenters. The smallest absolute Gasteiger partial charge is 0.307 e. The summed E-state index contributed by atoms with van der Waals surface area (Å²) in [5.41, 5.74) is 4.78. The zero-order valence-electron chi connectivity index (χ0n) is 11.2. The maximum Gasteiger partial charge on any atom is 0.307 e. The Balaban J connectivity index is 2.30. The third kappa shape index (κ3) is 3.19. The molecule has 3 nitrogen and oxygen atoms in total. The lowest BCUT2D eigenvalue weighted by atomic mass is 10.0. The van der Waals surface area contributed by atoms with Gasteiger partial charge in [0, 0.05) is 11.3 Å². The quantitative estimate of drug-likeness (QED) is 0.912. The minimum atomic E-state index is -0.829. The molecule has 19 heavy (non-hydrogen) atoms. The highest BCUT2D eigenvalue weighted by Gasteiger charge is 2.07. The van der Waals surface area contributed by atoms with Crippen LogP contribution in [0, 0.1) is 6.92 Å². The molecular weight excluding hydrogens is 238 g/mol. The van der Waals surface area contributed by atoms with E-state index in [0.29, 0.717) is 0 Å². The number of aromatic nitrogens is 1. The van der Waals surface area contributed by atoms with Crippen molar-refractivity contribution in [2.24, 2.45) is 0 Å². The van der Waals surface area contributed by atoms with Gasteiger partial charge in [-0.25, -0.2) is 0 Å². The predicted octanol–water partition coefficient (Wildman–Crippen LogP) is 3.25. The number of aliphatic carboxylic acids is 1. The van der Waals surface area contributed by atoms with E-state index in [-0.39, 0.29) is 6.42 Å². The summed E-state index contributed by atoms with van der Waals surface area (Å²) in [6.45, 7) is 3.97. The minimum Gasteiger partial charge on any atom is -0.481 e. The Kier molecular flexibility index (Phi) is 3.95. The zero-order chi connectivity index (χ0) is 13.8. The van der Waals surface area contributed by atoms with E-state index in [2.05, 4.69) is 36.2 Å². The maximum absolute atomic E-state index is 10.7. The molecule has 2 rings (SSSR count). The van der Waals surface area contributed by atoms with E-state index in [9.17, 15) is 4.79 Å². The largest absolute Gasteiger partial charge is 0.481 e. The number of carbonyl (C=O) groups is 1. The molecule has 0 saturated carbocycles. The highest BCUT2D eigenvalue weighted by atomic mass is 16.4. The van der Waals surface area contributed by atoms with Crippen LogP contribution in [0.5, 0.6) is 0 Å². The Morgan fingerprint density at radius 2 is 1.84 bits per heavy atom. The van der Waals surface area contributed by atoms with E-state index in [4.69, 9.17) is 5.11 Å². The van der Waals surface area contributed by atoms with Gasteiger partial charge in [-0.1, -0.05) is 37.3 Å². The van der Waals surface area contributed by atoms with Crippen LogP contribution >= 0.6 is 0 Å². The molecule has 1 heterocycles. The fraction of sp³-hybridized carbons (Fsp3) is 0.250. The molecule has 1 N–H and O–H groups in total. The third-order valence-corrected chi connectivity index (χ3v) is 3.19. The van der Waals surface area contributed by atoms with Crippen molar-refractivity contribution in [2.45, 2.75) is 26.7 Å². The summed E-state index contributed by atoms with van der Waals surface area (Å²) in [6, 6.07) is 12.0. The van der Waals surface area contributed by atoms with Crippen molar-refractivity contribution in [3.05, 3.63) is 53.2 Å². The molecule has 0 radical (unpaired) electrons. The molecule has 0 unspecified atom stereocenters. The molecule has 0 bridgehead atoms. The molecule has 1 aromatic heterocycles. The van der Waals surface area contributed by atoms with Crippen LogP contribution in [0.4, 0.5) is 0 Å². The number of benzene rings is 1. The van der Waals surface area contributed by atoms with Crippen molar-refractivity contribution in [1.82, 2.24) is 4.98 Å². The molecule has 2 aromatic rings. The summed E-state index contributed by atoms with van der Waals surface area (Å²) < 4.78 is 0. The zero-order valence-corrected chi connectivity index (χ0v) is 11.2. The summed E-state index contributed by atoms with van der Waals surface area (Å²) in [5, 5.41) is 8.81. The van der Waals surface area contributed by atoms with E-state index in [1.165, 1.54) is 5.56 Å². The van der Waals surface area contributed by atoms with Crippen LogP contribution in [0.15, 0.2) is 36.4 Å². The highest BCUT2D eigenvalue weighted by Crippen LogP contribution is 2.20. The second-order valence-corrected chi connectivity index (χ2v) is 4.56. The van der Waals surface area contributed by atoms with Gasteiger partial charge < -0.3 is 5.11 Å². The normalized spacial score (nSPS) is 10.4. The molecule has 0 aliphatic carbocycles. The Labute approximate surface area is 112 Å². The number of nitrogens with zero attached hydrogens (tertiary/aromatic N) is 1. The Bertz CT molecular complexity index is 588. The van der Waals surface area contributed by atoms with Gasteiger partial charge >= 0.3 is 5.97 Å². The first kappa shape index (κ1) is 13.3. The van der Waals surface area contributed by atoms with Gasteiger partial charge in [0.05, 0.1) is 12.1 Å². The Morgan fingerprint density at radius 3 is 2.37 bits per heavy atom. The van der Waals surface area contributed by atoms with Crippen LogP contribution in [0.3, 0.4) is 0 Å². The van der Waals surface area contributed by atoms with Gasteiger partial charge in [-0.15, -0.1) is 0 Å². The molecule has 0 fully saturated rings. The van der Waals surface area contributed by atoms with Crippen molar-refractivity contribution < 1.29 is 9.90 Å². The van der Waals surface area contributed by atoms with Gasteiger partial charge in [-0.05, 0) is 30.5 Å². The van der Waals surface area contributed by atoms with Crippen molar-refractivity contribution in [1.29, 1.82) is 0 Å². The maximum atomic E-state index is 10.7. The van der Waals surface area contributed by atoms with Gasteiger partial charge in [0.1, 0.15) is 0 Å². The number of carboxylic acids is 1. The van der Waals surface area contributed by atoms with Crippen LogP contribution < -0.4 is 0 Å². The van der Waals surface area contributed by atoms with E-state index in [1.807, 2.05) is 19.1 Å². The fourth-order valence-electron chi connectivity index (χ4n) is 2.01. The predicted molar refractivity (Wildman–Crippen MR) is 75.1 cm³/mol. The van der Waals surface area contributed by atoms with Gasteiger partial charge in [0.25, 0.3) is 0 Å². The highest BCUT2D eigenvalue weighted by molar-refractivity contribution is 5.71. The van der Waals surface area contributed by atoms with Crippen LogP contribution in [0.1, 0.15) is 23.7 Å². The SMILES string of the molecule is CCc1ccc(-c2ccc(CC(=O)O)c(C)n2)cc1. The molecule has 0 aliphatic rings. The number of hydrogen-bond donors (Lipinski definition) is 1. The van der Waals surface area contributed by atoms with Crippen LogP contribution in [0.25, 0.3) is 11.3 Å². The molecular formula is C16H17NO2. The summed E-state index contributed by atoms with van der Waals surface area (Å²) in [5.74, 6) is -0.829. The van der Waals surface area contributed by atoms with Crippen LogP contribution in [-0.2, 0) is 17.6 Å². The first-order chi connectivity index (χ1) is 9.10. The lowest BCUT2D eigenvalue weighted by Crippen LogP contribution is -2.03. The van der Waals surface area contributed by atoms with E-state index in [0.717, 1.165) is 28.9 Å². The summed E-state index contributed by atoms with van der Waals surface area (Å²) in [4.78, 5) is 15.2. The van der Waals surface area contributed by atoms with Gasteiger partial charge in [0.2, 0.25) is 0 Å². The molecule has 3 heteroatoms. The van der Waals surface area contributed by atoms with Crippen molar-refractivity contribution in [2.75, 3.05) is 0 Å². The number of carboxylic acid groups (broad SMARTS) is 1. The third-order valence-electron chi connectivity index (χ3n) is 3.19. The molecule has 0 aliphatic heterocycles. The first-order valence-electron chi connectivity index (χ1n) is 6.37. The van der Waals surface area contributed by atoms with Gasteiger partial charge in [-0.2, -0.15) is 0 Å². The van der Waals surface area contributed by atoms with Crippen molar-refractivity contribution >= 4 is 5.97 Å². The van der Waals surface area contributed by atoms with E-state index < -0.39 is 5.97 Å². The molecule has 0 spiro atoms. The summed E-state index contributed by atoms with van der Waals surface area (Å²) >= 11 is 0. The second-order valence-electron chi connectivity index (χ2n) is 4.56. The standard InChI is InChI=1S/C16H17NO2/c1-3-12-4-6-13(7-5-12)15-9-8-14(10-16(18)19)11(2)17-15/h4-9H,3,10H2,1-2H3,(H,18,19). The number of aryl methyl sites for hydroxylation is 2. The van der Waals surface area contributed by atoms with Gasteiger partial charge in [-0.3, -0.25) is 9.78 Å². The molecule has 98 valence electrons. The first-order valence-corrected chi connectivity index (χ1v) is 6.37. The molecule has 0 amide bonds. The Hall–Kier alpha value is -2.16. The van der Waals surface area contributed by atoms with Crippen LogP contribution in [0.2, 0.25) is 0 Å². The number of hydrogen-bond acceptors (Lipinski definition) is 2. The summed E-state index contributed by atoms with van der Waals surface area (Å²) in [6.07, 6.45) is 1.04. The molecule has 1 aromatic carbocycles. The van der Waals surface area contributed by atoms with E-state index in [1.54, 1.807) is 0 Å². The minimum absolute atomic E-state index is 0.0217. The van der Waals surface area contributed by atoms with Crippen molar-refractivity contribution in [3.63, 3.8) is 0 Å².